The topological polar surface area (TPSA) is 87.9 Å². The number of rotatable bonds is 7. The van der Waals surface area contributed by atoms with Crippen LogP contribution in [0.5, 0.6) is 11.5 Å². The van der Waals surface area contributed by atoms with E-state index in [-0.39, 0.29) is 12.7 Å². The van der Waals surface area contributed by atoms with Gasteiger partial charge in [-0.3, -0.25) is 10.1 Å². The first-order chi connectivity index (χ1) is 9.92. The third-order valence-electron chi connectivity index (χ3n) is 2.29. The Morgan fingerprint density at radius 1 is 1.38 bits per heavy atom. The fourth-order valence-corrected chi connectivity index (χ4v) is 1.49. The van der Waals surface area contributed by atoms with E-state index in [9.17, 15) is 14.9 Å². The van der Waals surface area contributed by atoms with Crippen molar-refractivity contribution in [2.75, 3.05) is 13.7 Å². The van der Waals surface area contributed by atoms with Gasteiger partial charge in [0.15, 0.2) is 18.1 Å². The van der Waals surface area contributed by atoms with Crippen LogP contribution in [0.15, 0.2) is 24.4 Å². The molecule has 0 radical (unpaired) electrons. The largest absolute Gasteiger partial charge is 0.493 e. The van der Waals surface area contributed by atoms with Crippen molar-refractivity contribution >= 4 is 12.0 Å². The first-order valence-electron chi connectivity index (χ1n) is 6.24. The second kappa shape index (κ2) is 7.88. The monoisotopic (exact) mass is 295 g/mol. The summed E-state index contributed by atoms with van der Waals surface area (Å²) in [6, 6.07) is 4.76. The summed E-state index contributed by atoms with van der Waals surface area (Å²) in [6.45, 7) is 3.25. The molecule has 1 rings (SSSR count). The maximum atomic E-state index is 11.4. The van der Waals surface area contributed by atoms with Gasteiger partial charge in [0.2, 0.25) is 6.20 Å². The number of esters is 1. The molecule has 0 heterocycles. The van der Waals surface area contributed by atoms with Crippen molar-refractivity contribution in [3.8, 4) is 11.5 Å². The van der Waals surface area contributed by atoms with E-state index in [1.54, 1.807) is 32.0 Å². The molecule has 0 fully saturated rings. The average molecular weight is 295 g/mol. The van der Waals surface area contributed by atoms with Gasteiger partial charge in [-0.15, -0.1) is 0 Å². The summed E-state index contributed by atoms with van der Waals surface area (Å²) in [5, 5.41) is 10.3. The number of hydrogen-bond acceptors (Lipinski definition) is 6. The molecule has 0 aliphatic carbocycles. The zero-order valence-electron chi connectivity index (χ0n) is 12.1. The number of ether oxygens (including phenoxy) is 3. The number of hydrogen-bond donors (Lipinski definition) is 0. The Labute approximate surface area is 122 Å². The Morgan fingerprint density at radius 2 is 2.10 bits per heavy atom. The van der Waals surface area contributed by atoms with Crippen molar-refractivity contribution in [2.24, 2.45) is 0 Å². The lowest BCUT2D eigenvalue weighted by Crippen LogP contribution is -2.18. The van der Waals surface area contributed by atoms with Gasteiger partial charge in [0.05, 0.1) is 18.1 Å². The summed E-state index contributed by atoms with van der Waals surface area (Å²) in [7, 11) is 1.44. The number of nitrogens with zero attached hydrogens (tertiary/aromatic N) is 1. The second-order valence-corrected chi connectivity index (χ2v) is 4.34. The van der Waals surface area contributed by atoms with E-state index in [0.717, 1.165) is 6.20 Å². The van der Waals surface area contributed by atoms with Gasteiger partial charge in [-0.05, 0) is 31.5 Å². The van der Waals surface area contributed by atoms with Crippen LogP contribution in [0.3, 0.4) is 0 Å². The normalized spacial score (nSPS) is 10.7. The Balaban J connectivity index is 2.75. The highest BCUT2D eigenvalue weighted by Gasteiger charge is 2.10. The van der Waals surface area contributed by atoms with E-state index < -0.39 is 10.9 Å². The number of nitro groups is 1. The quantitative estimate of drug-likeness (QED) is 0.435. The Bertz CT molecular complexity index is 538. The van der Waals surface area contributed by atoms with Crippen molar-refractivity contribution in [3.63, 3.8) is 0 Å². The van der Waals surface area contributed by atoms with Gasteiger partial charge in [-0.2, -0.15) is 0 Å². The van der Waals surface area contributed by atoms with Gasteiger partial charge in [-0.1, -0.05) is 6.07 Å². The van der Waals surface area contributed by atoms with Gasteiger partial charge in [0.25, 0.3) is 0 Å². The molecule has 0 saturated carbocycles. The van der Waals surface area contributed by atoms with Crippen LogP contribution in [0.2, 0.25) is 0 Å². The zero-order chi connectivity index (χ0) is 15.8. The van der Waals surface area contributed by atoms with Gasteiger partial charge >= 0.3 is 5.97 Å². The van der Waals surface area contributed by atoms with Crippen LogP contribution in [0.25, 0.3) is 6.08 Å². The van der Waals surface area contributed by atoms with E-state index in [2.05, 4.69) is 0 Å². The Hall–Kier alpha value is -2.57. The van der Waals surface area contributed by atoms with Crippen LogP contribution in [0.4, 0.5) is 0 Å². The molecule has 1 aromatic carbocycles. The van der Waals surface area contributed by atoms with Crippen LogP contribution < -0.4 is 9.47 Å². The SMILES string of the molecule is COc1cc(/C=C\[N+](=O)[O-])ccc1OCC(=O)OC(C)C. The van der Waals surface area contributed by atoms with Crippen molar-refractivity contribution in [1.82, 2.24) is 0 Å². The van der Waals surface area contributed by atoms with Crippen LogP contribution in [0, 0.1) is 10.1 Å². The predicted molar refractivity (Wildman–Crippen MR) is 75.7 cm³/mol. The lowest BCUT2D eigenvalue weighted by Gasteiger charge is -2.12. The molecule has 0 N–H and O–H groups in total. The molecule has 0 saturated heterocycles. The highest BCUT2D eigenvalue weighted by atomic mass is 16.6. The molecule has 0 bridgehead atoms. The minimum Gasteiger partial charge on any atom is -0.493 e. The van der Waals surface area contributed by atoms with Crippen molar-refractivity contribution in [1.29, 1.82) is 0 Å². The molecule has 0 atom stereocenters. The molecule has 7 nitrogen and oxygen atoms in total. The van der Waals surface area contributed by atoms with Crippen molar-refractivity contribution in [2.45, 2.75) is 20.0 Å². The summed E-state index contributed by atoms with van der Waals surface area (Å²) in [6.07, 6.45) is 1.95. The second-order valence-electron chi connectivity index (χ2n) is 4.34. The third kappa shape index (κ3) is 5.94. The predicted octanol–water partition coefficient (Wildman–Crippen LogP) is 2.27. The molecule has 0 aromatic heterocycles. The Kier molecular flexibility index (Phi) is 6.19. The van der Waals surface area contributed by atoms with E-state index in [1.807, 2.05) is 0 Å². The van der Waals surface area contributed by atoms with Gasteiger partial charge in [0, 0.05) is 6.08 Å². The highest BCUT2D eigenvalue weighted by molar-refractivity contribution is 5.71. The fraction of sp³-hybridized carbons (Fsp3) is 0.357. The van der Waals surface area contributed by atoms with Crippen LogP contribution in [-0.4, -0.2) is 30.7 Å². The van der Waals surface area contributed by atoms with Crippen LogP contribution in [-0.2, 0) is 9.53 Å². The maximum absolute atomic E-state index is 11.4. The number of carbonyl (C=O) groups is 1. The maximum Gasteiger partial charge on any atom is 0.344 e. The number of carbonyl (C=O) groups excluding carboxylic acids is 1. The zero-order valence-corrected chi connectivity index (χ0v) is 12.1. The molecule has 0 spiro atoms. The summed E-state index contributed by atoms with van der Waals surface area (Å²) in [4.78, 5) is 21.1. The molecule has 21 heavy (non-hydrogen) atoms. The van der Waals surface area contributed by atoms with Crippen LogP contribution >= 0.6 is 0 Å². The van der Waals surface area contributed by atoms with Crippen LogP contribution in [0.1, 0.15) is 19.4 Å². The van der Waals surface area contributed by atoms with Crippen molar-refractivity contribution < 1.29 is 23.9 Å². The number of methoxy groups -OCH3 is 1. The van der Waals surface area contributed by atoms with E-state index in [1.165, 1.54) is 13.2 Å². The molecule has 0 amide bonds. The lowest BCUT2D eigenvalue weighted by molar-refractivity contribution is -0.400. The van der Waals surface area contributed by atoms with Gasteiger partial charge in [-0.25, -0.2) is 4.79 Å². The summed E-state index contributed by atoms with van der Waals surface area (Å²) < 4.78 is 15.4. The van der Waals surface area contributed by atoms with Crippen molar-refractivity contribution in [3.05, 3.63) is 40.1 Å². The van der Waals surface area contributed by atoms with Gasteiger partial charge in [0.1, 0.15) is 0 Å². The summed E-state index contributed by atoms with van der Waals surface area (Å²) in [5.74, 6) is 0.249. The standard InChI is InChI=1S/C14H17NO6/c1-10(2)21-14(16)9-20-12-5-4-11(6-7-15(17)18)8-13(12)19-3/h4-8,10H,9H2,1-3H3/b7-6-. The molecule has 0 unspecified atom stereocenters. The van der Waals surface area contributed by atoms with E-state index >= 15 is 0 Å². The molecule has 0 aliphatic rings. The third-order valence-corrected chi connectivity index (χ3v) is 2.29. The minimum atomic E-state index is -0.557. The van der Waals surface area contributed by atoms with Gasteiger partial charge < -0.3 is 14.2 Å². The average Bonchev–Trinajstić information content (AvgIpc) is 2.42. The molecular formula is C14H17NO6. The molecular weight excluding hydrogens is 278 g/mol. The summed E-state index contributed by atoms with van der Waals surface area (Å²) in [5.41, 5.74) is 0.584. The molecule has 7 heteroatoms. The minimum absolute atomic E-state index is 0.211. The highest BCUT2D eigenvalue weighted by Crippen LogP contribution is 2.28. The number of benzene rings is 1. The summed E-state index contributed by atoms with van der Waals surface area (Å²) >= 11 is 0. The first kappa shape index (κ1) is 16.5. The Morgan fingerprint density at radius 3 is 2.67 bits per heavy atom. The lowest BCUT2D eigenvalue weighted by atomic mass is 10.2. The van der Waals surface area contributed by atoms with E-state index in [4.69, 9.17) is 14.2 Å². The van der Waals surface area contributed by atoms with E-state index in [0.29, 0.717) is 17.1 Å². The molecule has 114 valence electrons. The first-order valence-corrected chi connectivity index (χ1v) is 6.24. The fourth-order valence-electron chi connectivity index (χ4n) is 1.49. The smallest absolute Gasteiger partial charge is 0.344 e. The molecule has 1 aromatic rings. The molecule has 0 aliphatic heterocycles.